The van der Waals surface area contributed by atoms with E-state index in [0.29, 0.717) is 11.3 Å². The van der Waals surface area contributed by atoms with Crippen molar-refractivity contribution in [3.05, 3.63) is 47.0 Å². The number of methoxy groups -OCH3 is 1. The summed E-state index contributed by atoms with van der Waals surface area (Å²) in [6, 6.07) is 5.06. The largest absolute Gasteiger partial charge is 0.493 e. The van der Waals surface area contributed by atoms with Gasteiger partial charge in [0.05, 0.1) is 19.3 Å². The lowest BCUT2D eigenvalue weighted by atomic mass is 10.0. The molecule has 102 valence electrons. The molecule has 0 spiro atoms. The molecule has 1 unspecified atom stereocenters. The smallest absolute Gasteiger partial charge is 0.161 e. The third-order valence-electron chi connectivity index (χ3n) is 3.26. The summed E-state index contributed by atoms with van der Waals surface area (Å²) >= 11 is 0. The molecular formula is C14H18FN3O. The van der Waals surface area contributed by atoms with Crippen LogP contribution in [-0.2, 0) is 7.05 Å². The molecule has 1 atom stereocenters. The Morgan fingerprint density at radius 1 is 1.42 bits per heavy atom. The van der Waals surface area contributed by atoms with E-state index in [0.717, 1.165) is 11.3 Å². The van der Waals surface area contributed by atoms with Gasteiger partial charge in [-0.15, -0.1) is 0 Å². The predicted octanol–water partition coefficient (Wildman–Crippen LogP) is 2.19. The average Bonchev–Trinajstić information content (AvgIpc) is 2.76. The highest BCUT2D eigenvalue weighted by Gasteiger charge is 2.21. The molecule has 5 heteroatoms. The second-order valence-electron chi connectivity index (χ2n) is 4.45. The molecule has 1 aromatic heterocycles. The van der Waals surface area contributed by atoms with Gasteiger partial charge in [-0.05, 0) is 31.2 Å². The molecule has 19 heavy (non-hydrogen) atoms. The van der Waals surface area contributed by atoms with Crippen LogP contribution in [0.25, 0.3) is 0 Å². The van der Waals surface area contributed by atoms with Crippen LogP contribution in [0.3, 0.4) is 0 Å². The summed E-state index contributed by atoms with van der Waals surface area (Å²) in [5, 5.41) is 7.36. The van der Waals surface area contributed by atoms with Gasteiger partial charge in [0.25, 0.3) is 0 Å². The lowest BCUT2D eigenvalue weighted by Crippen LogP contribution is -2.21. The Morgan fingerprint density at radius 2 is 2.16 bits per heavy atom. The molecule has 0 saturated heterocycles. The molecule has 1 N–H and O–H groups in total. The lowest BCUT2D eigenvalue weighted by Gasteiger charge is -2.19. The van der Waals surface area contributed by atoms with Gasteiger partial charge in [-0.25, -0.2) is 4.39 Å². The summed E-state index contributed by atoms with van der Waals surface area (Å²) in [4.78, 5) is 0. The summed E-state index contributed by atoms with van der Waals surface area (Å²) in [6.07, 6.45) is 1.66. The first-order valence-electron chi connectivity index (χ1n) is 6.07. The van der Waals surface area contributed by atoms with E-state index < -0.39 is 0 Å². The minimum Gasteiger partial charge on any atom is -0.493 e. The van der Waals surface area contributed by atoms with E-state index in [1.54, 1.807) is 37.0 Å². The zero-order chi connectivity index (χ0) is 14.0. The van der Waals surface area contributed by atoms with Crippen molar-refractivity contribution in [1.82, 2.24) is 15.1 Å². The fourth-order valence-corrected chi connectivity index (χ4v) is 2.16. The Kier molecular flexibility index (Phi) is 3.85. The van der Waals surface area contributed by atoms with Crippen molar-refractivity contribution < 1.29 is 9.13 Å². The Balaban J connectivity index is 2.49. The topological polar surface area (TPSA) is 39.1 Å². The molecule has 2 aromatic rings. The van der Waals surface area contributed by atoms with Crippen LogP contribution in [0.5, 0.6) is 5.75 Å². The maximum Gasteiger partial charge on any atom is 0.161 e. The minimum absolute atomic E-state index is 0.169. The highest BCUT2D eigenvalue weighted by molar-refractivity contribution is 5.37. The van der Waals surface area contributed by atoms with Crippen LogP contribution in [0.4, 0.5) is 4.39 Å². The highest BCUT2D eigenvalue weighted by Crippen LogP contribution is 2.29. The van der Waals surface area contributed by atoms with Crippen LogP contribution in [0.1, 0.15) is 22.9 Å². The van der Waals surface area contributed by atoms with E-state index in [2.05, 4.69) is 10.4 Å². The number of aryl methyl sites for hydroxylation is 2. The Bertz CT molecular complexity index is 580. The van der Waals surface area contributed by atoms with Crippen LogP contribution in [0.2, 0.25) is 0 Å². The molecule has 1 heterocycles. The number of ether oxygens (including phenoxy) is 1. The Morgan fingerprint density at radius 3 is 2.74 bits per heavy atom. The van der Waals surface area contributed by atoms with Crippen LogP contribution in [0.15, 0.2) is 24.4 Å². The Hall–Kier alpha value is -1.88. The molecule has 4 nitrogen and oxygen atoms in total. The van der Waals surface area contributed by atoms with E-state index in [4.69, 9.17) is 4.74 Å². The van der Waals surface area contributed by atoms with Crippen LogP contribution in [-0.4, -0.2) is 23.9 Å². The molecule has 0 aliphatic carbocycles. The molecular weight excluding hydrogens is 245 g/mol. The van der Waals surface area contributed by atoms with E-state index in [1.165, 1.54) is 0 Å². The van der Waals surface area contributed by atoms with Gasteiger partial charge in [0.15, 0.2) is 5.75 Å². The number of hydrogen-bond acceptors (Lipinski definition) is 3. The number of rotatable bonds is 4. The maximum absolute atomic E-state index is 13.7. The summed E-state index contributed by atoms with van der Waals surface area (Å²) in [5.74, 6) is 0.474. The molecule has 0 radical (unpaired) electrons. The molecule has 0 fully saturated rings. The third kappa shape index (κ3) is 2.46. The van der Waals surface area contributed by atoms with Gasteiger partial charge in [0.2, 0.25) is 0 Å². The van der Waals surface area contributed by atoms with Gasteiger partial charge in [-0.2, -0.15) is 5.10 Å². The van der Waals surface area contributed by atoms with E-state index in [-0.39, 0.29) is 11.9 Å². The molecule has 0 aliphatic rings. The van der Waals surface area contributed by atoms with Crippen molar-refractivity contribution in [2.45, 2.75) is 13.0 Å². The van der Waals surface area contributed by atoms with Crippen molar-refractivity contribution >= 4 is 0 Å². The van der Waals surface area contributed by atoms with Gasteiger partial charge < -0.3 is 10.1 Å². The van der Waals surface area contributed by atoms with Gasteiger partial charge in [0, 0.05) is 7.05 Å². The van der Waals surface area contributed by atoms with Gasteiger partial charge in [-0.1, -0.05) is 12.1 Å². The molecule has 0 bridgehead atoms. The Labute approximate surface area is 112 Å². The first kappa shape index (κ1) is 13.5. The zero-order valence-corrected chi connectivity index (χ0v) is 11.6. The average molecular weight is 263 g/mol. The van der Waals surface area contributed by atoms with Crippen LogP contribution < -0.4 is 10.1 Å². The van der Waals surface area contributed by atoms with Gasteiger partial charge in [-0.3, -0.25) is 4.68 Å². The summed E-state index contributed by atoms with van der Waals surface area (Å²) in [7, 11) is 5.27. The summed E-state index contributed by atoms with van der Waals surface area (Å²) in [6.45, 7) is 1.75. The van der Waals surface area contributed by atoms with Crippen LogP contribution in [0, 0.1) is 12.7 Å². The number of nitrogens with zero attached hydrogens (tertiary/aromatic N) is 2. The summed E-state index contributed by atoms with van der Waals surface area (Å²) < 4.78 is 20.8. The first-order valence-corrected chi connectivity index (χ1v) is 6.07. The molecule has 0 saturated carbocycles. The standard InChI is InChI=1S/C14H18FN3O/c1-9-5-6-10(7-11(9)15)13(16-2)14-12(19-4)8-17-18(14)3/h5-8,13,16H,1-4H3. The SMILES string of the molecule is CNC(c1ccc(C)c(F)c1)c1c(OC)cnn1C. The van der Waals surface area contributed by atoms with Gasteiger partial charge >= 0.3 is 0 Å². The zero-order valence-electron chi connectivity index (χ0n) is 11.6. The second-order valence-corrected chi connectivity index (χ2v) is 4.45. The molecule has 2 rings (SSSR count). The van der Waals surface area contributed by atoms with Crippen LogP contribution >= 0.6 is 0 Å². The predicted molar refractivity (Wildman–Crippen MR) is 71.8 cm³/mol. The van der Waals surface area contributed by atoms with Crippen molar-refractivity contribution in [3.63, 3.8) is 0 Å². The number of nitrogens with one attached hydrogen (secondary N) is 1. The number of halogens is 1. The van der Waals surface area contributed by atoms with E-state index in [9.17, 15) is 4.39 Å². The fraction of sp³-hybridized carbons (Fsp3) is 0.357. The maximum atomic E-state index is 13.7. The monoisotopic (exact) mass is 263 g/mol. The molecule has 1 aromatic carbocycles. The minimum atomic E-state index is -0.209. The molecule has 0 aliphatic heterocycles. The fourth-order valence-electron chi connectivity index (χ4n) is 2.16. The number of benzene rings is 1. The lowest BCUT2D eigenvalue weighted by molar-refractivity contribution is 0.402. The molecule has 0 amide bonds. The number of hydrogen-bond donors (Lipinski definition) is 1. The van der Waals surface area contributed by atoms with Crippen molar-refractivity contribution in [2.24, 2.45) is 7.05 Å². The quantitative estimate of drug-likeness (QED) is 0.919. The second kappa shape index (κ2) is 5.40. The van der Waals surface area contributed by atoms with Crippen molar-refractivity contribution in [3.8, 4) is 5.75 Å². The number of aromatic nitrogens is 2. The van der Waals surface area contributed by atoms with Crippen molar-refractivity contribution in [1.29, 1.82) is 0 Å². The van der Waals surface area contributed by atoms with Gasteiger partial charge in [0.1, 0.15) is 11.5 Å². The third-order valence-corrected chi connectivity index (χ3v) is 3.26. The van der Waals surface area contributed by atoms with E-state index >= 15 is 0 Å². The normalized spacial score (nSPS) is 12.5. The van der Waals surface area contributed by atoms with Crippen molar-refractivity contribution in [2.75, 3.05) is 14.2 Å². The van der Waals surface area contributed by atoms with E-state index in [1.807, 2.05) is 20.2 Å². The first-order chi connectivity index (χ1) is 9.08. The highest BCUT2D eigenvalue weighted by atomic mass is 19.1. The summed E-state index contributed by atoms with van der Waals surface area (Å²) in [5.41, 5.74) is 2.34.